The van der Waals surface area contributed by atoms with Crippen molar-refractivity contribution in [3.63, 3.8) is 0 Å². The zero-order chi connectivity index (χ0) is 14.4. The second-order valence-electron chi connectivity index (χ2n) is 5.40. The highest BCUT2D eigenvalue weighted by Crippen LogP contribution is 2.26. The van der Waals surface area contributed by atoms with Crippen molar-refractivity contribution in [3.05, 3.63) is 24.2 Å². The first-order valence-corrected chi connectivity index (χ1v) is 7.47. The van der Waals surface area contributed by atoms with E-state index in [1.807, 2.05) is 12.1 Å². The summed E-state index contributed by atoms with van der Waals surface area (Å²) in [5.74, 6) is 1.73. The average Bonchev–Trinajstić information content (AvgIpc) is 3.17. The van der Waals surface area contributed by atoms with E-state index >= 15 is 0 Å². The normalized spacial score (nSPS) is 16.5. The Morgan fingerprint density at radius 1 is 1.48 bits per heavy atom. The smallest absolute Gasteiger partial charge is 0.191 e. The van der Waals surface area contributed by atoms with Crippen LogP contribution in [0.4, 0.5) is 0 Å². The predicted molar refractivity (Wildman–Crippen MR) is 97.2 cm³/mol. The number of hydrogen-bond donors (Lipinski definition) is 2. The van der Waals surface area contributed by atoms with Crippen LogP contribution in [0.3, 0.4) is 0 Å². The van der Waals surface area contributed by atoms with Crippen LogP contribution < -0.4 is 10.6 Å². The van der Waals surface area contributed by atoms with E-state index in [1.165, 1.54) is 12.8 Å². The van der Waals surface area contributed by atoms with Crippen molar-refractivity contribution in [2.75, 3.05) is 20.1 Å². The van der Waals surface area contributed by atoms with E-state index in [0.717, 1.165) is 30.9 Å². The van der Waals surface area contributed by atoms with E-state index in [4.69, 9.17) is 4.42 Å². The number of likely N-dealkylation sites (N-methyl/N-ethyl adjacent to an activating group) is 1. The summed E-state index contributed by atoms with van der Waals surface area (Å²) in [6.45, 7) is 6.65. The van der Waals surface area contributed by atoms with Crippen molar-refractivity contribution < 1.29 is 4.42 Å². The molecule has 1 aromatic heterocycles. The van der Waals surface area contributed by atoms with Gasteiger partial charge in [0.1, 0.15) is 12.3 Å². The molecule has 120 valence electrons. The van der Waals surface area contributed by atoms with E-state index < -0.39 is 0 Å². The van der Waals surface area contributed by atoms with Crippen LogP contribution in [0.5, 0.6) is 0 Å². The van der Waals surface area contributed by atoms with Crippen molar-refractivity contribution in [1.29, 1.82) is 0 Å². The van der Waals surface area contributed by atoms with Gasteiger partial charge in [-0.15, -0.1) is 24.0 Å². The first kappa shape index (κ1) is 18.3. The molecule has 1 aliphatic carbocycles. The van der Waals surface area contributed by atoms with Crippen LogP contribution in [-0.4, -0.2) is 43.1 Å². The van der Waals surface area contributed by atoms with Gasteiger partial charge in [0, 0.05) is 25.2 Å². The van der Waals surface area contributed by atoms with Gasteiger partial charge in [-0.2, -0.15) is 0 Å². The zero-order valence-corrected chi connectivity index (χ0v) is 15.5. The zero-order valence-electron chi connectivity index (χ0n) is 13.1. The van der Waals surface area contributed by atoms with Crippen LogP contribution in [0.1, 0.15) is 32.4 Å². The van der Waals surface area contributed by atoms with Crippen molar-refractivity contribution >= 4 is 29.9 Å². The monoisotopic (exact) mass is 406 g/mol. The van der Waals surface area contributed by atoms with E-state index in [1.54, 1.807) is 6.26 Å². The summed E-state index contributed by atoms with van der Waals surface area (Å²) in [5, 5.41) is 6.66. The molecule has 1 saturated carbocycles. The summed E-state index contributed by atoms with van der Waals surface area (Å²) in [4.78, 5) is 6.98. The van der Waals surface area contributed by atoms with Crippen LogP contribution in [0, 0.1) is 0 Å². The molecule has 1 atom stereocenters. The third-order valence-electron chi connectivity index (χ3n) is 3.70. The minimum atomic E-state index is 0. The second-order valence-corrected chi connectivity index (χ2v) is 5.40. The molecule has 1 unspecified atom stereocenters. The molecule has 5 nitrogen and oxygen atoms in total. The summed E-state index contributed by atoms with van der Waals surface area (Å²) in [6.07, 6.45) is 4.36. The van der Waals surface area contributed by atoms with E-state index in [-0.39, 0.29) is 24.0 Å². The number of aliphatic imine (C=N–C) groups is 1. The first-order valence-electron chi connectivity index (χ1n) is 7.47. The largest absolute Gasteiger partial charge is 0.467 e. The fourth-order valence-electron chi connectivity index (χ4n) is 2.13. The van der Waals surface area contributed by atoms with Crippen molar-refractivity contribution in [2.24, 2.45) is 4.99 Å². The summed E-state index contributed by atoms with van der Waals surface area (Å²) in [6, 6.07) is 5.12. The van der Waals surface area contributed by atoms with Crippen molar-refractivity contribution in [2.45, 2.75) is 45.3 Å². The van der Waals surface area contributed by atoms with Gasteiger partial charge in [-0.3, -0.25) is 4.90 Å². The summed E-state index contributed by atoms with van der Waals surface area (Å²) in [5.41, 5.74) is 0. The van der Waals surface area contributed by atoms with Gasteiger partial charge >= 0.3 is 0 Å². The fraction of sp³-hybridized carbons (Fsp3) is 0.667. The molecule has 21 heavy (non-hydrogen) atoms. The van der Waals surface area contributed by atoms with Gasteiger partial charge in [-0.25, -0.2) is 4.99 Å². The molecule has 0 aromatic carbocycles. The first-order chi connectivity index (χ1) is 9.70. The molecule has 1 aliphatic rings. The highest BCUT2D eigenvalue weighted by atomic mass is 127. The Balaban J connectivity index is 0.00000220. The third-order valence-corrected chi connectivity index (χ3v) is 3.70. The highest BCUT2D eigenvalue weighted by Gasteiger charge is 2.28. The molecule has 0 bridgehead atoms. The standard InChI is InChI=1S/C15H26N4O.HI/c1-4-16-15(18-11-14-6-5-9-20-14)17-10-12(2)19(3)13-7-8-13;/h5-6,9,12-13H,4,7-8,10-11H2,1-3H3,(H2,16,17,18);1H. The van der Waals surface area contributed by atoms with Gasteiger partial charge in [0.15, 0.2) is 5.96 Å². The Kier molecular flexibility index (Phi) is 8.10. The number of hydrogen-bond acceptors (Lipinski definition) is 3. The predicted octanol–water partition coefficient (Wildman–Crippen LogP) is 2.44. The van der Waals surface area contributed by atoms with Gasteiger partial charge in [0.25, 0.3) is 0 Å². The molecule has 0 saturated heterocycles. The van der Waals surface area contributed by atoms with Crippen molar-refractivity contribution in [3.8, 4) is 0 Å². The molecule has 0 spiro atoms. The molecule has 6 heteroatoms. The average molecular weight is 406 g/mol. The molecule has 1 fully saturated rings. The van der Waals surface area contributed by atoms with Crippen molar-refractivity contribution in [1.82, 2.24) is 15.5 Å². The van der Waals surface area contributed by atoms with Gasteiger partial charge < -0.3 is 15.1 Å². The molecule has 1 aromatic rings. The molecule has 1 heterocycles. The lowest BCUT2D eigenvalue weighted by molar-refractivity contribution is 0.247. The summed E-state index contributed by atoms with van der Waals surface area (Å²) in [7, 11) is 2.21. The lowest BCUT2D eigenvalue weighted by Crippen LogP contribution is -2.45. The Morgan fingerprint density at radius 2 is 2.24 bits per heavy atom. The topological polar surface area (TPSA) is 52.8 Å². The quantitative estimate of drug-likeness (QED) is 0.415. The van der Waals surface area contributed by atoms with Gasteiger partial charge in [0.05, 0.1) is 6.26 Å². The third kappa shape index (κ3) is 6.25. The Labute approximate surface area is 144 Å². The van der Waals surface area contributed by atoms with E-state index in [0.29, 0.717) is 12.6 Å². The number of nitrogens with zero attached hydrogens (tertiary/aromatic N) is 2. The Bertz CT molecular complexity index is 417. The number of furan rings is 1. The van der Waals surface area contributed by atoms with E-state index in [2.05, 4.69) is 41.4 Å². The fourth-order valence-corrected chi connectivity index (χ4v) is 2.13. The molecule has 2 N–H and O–H groups in total. The van der Waals surface area contributed by atoms with Gasteiger partial charge in [-0.1, -0.05) is 0 Å². The molecule has 0 radical (unpaired) electrons. The summed E-state index contributed by atoms with van der Waals surface area (Å²) < 4.78 is 5.29. The lowest BCUT2D eigenvalue weighted by Gasteiger charge is -2.25. The van der Waals surface area contributed by atoms with Crippen LogP contribution in [0.15, 0.2) is 27.8 Å². The van der Waals surface area contributed by atoms with Gasteiger partial charge in [0.2, 0.25) is 0 Å². The maximum Gasteiger partial charge on any atom is 0.191 e. The molecule has 0 aliphatic heterocycles. The molecule has 2 rings (SSSR count). The number of guanidine groups is 1. The number of halogens is 1. The minimum absolute atomic E-state index is 0. The number of rotatable bonds is 7. The highest BCUT2D eigenvalue weighted by molar-refractivity contribution is 14.0. The summed E-state index contributed by atoms with van der Waals surface area (Å²) >= 11 is 0. The minimum Gasteiger partial charge on any atom is -0.467 e. The maximum atomic E-state index is 5.29. The Hall–Kier alpha value is -0.760. The number of nitrogens with one attached hydrogen (secondary N) is 2. The molecule has 0 amide bonds. The maximum absolute atomic E-state index is 5.29. The second kappa shape index (κ2) is 9.30. The Morgan fingerprint density at radius 3 is 2.81 bits per heavy atom. The van der Waals surface area contributed by atoms with Crippen LogP contribution >= 0.6 is 24.0 Å². The van der Waals surface area contributed by atoms with Crippen LogP contribution in [0.2, 0.25) is 0 Å². The SMILES string of the molecule is CCNC(=NCc1ccco1)NCC(C)N(C)C1CC1.I. The van der Waals surface area contributed by atoms with Crippen LogP contribution in [-0.2, 0) is 6.54 Å². The molecular weight excluding hydrogens is 379 g/mol. The van der Waals surface area contributed by atoms with Gasteiger partial charge in [-0.05, 0) is 45.9 Å². The van der Waals surface area contributed by atoms with E-state index in [9.17, 15) is 0 Å². The lowest BCUT2D eigenvalue weighted by atomic mass is 10.3. The molecular formula is C15H27IN4O. The van der Waals surface area contributed by atoms with Crippen LogP contribution in [0.25, 0.3) is 0 Å².